The summed E-state index contributed by atoms with van der Waals surface area (Å²) in [6, 6.07) is 1.81. The Balaban J connectivity index is 1.97. The Hall–Kier alpha value is -1.60. The van der Waals surface area contributed by atoms with Crippen molar-refractivity contribution in [1.82, 2.24) is 19.6 Å². The Morgan fingerprint density at radius 1 is 1.40 bits per heavy atom. The fraction of sp³-hybridized carbons (Fsp3) is 0.778. The van der Waals surface area contributed by atoms with E-state index in [4.69, 9.17) is 0 Å². The lowest BCUT2D eigenvalue weighted by Crippen LogP contribution is -2.42. The average Bonchev–Trinajstić information content (AvgIpc) is 2.74. The maximum Gasteiger partial charge on any atom is 0.323 e. The molecule has 1 atom stereocenters. The molecule has 0 saturated carbocycles. The van der Waals surface area contributed by atoms with E-state index >= 15 is 0 Å². The highest BCUT2D eigenvalue weighted by Gasteiger charge is 2.32. The maximum absolute atomic E-state index is 12.7. The number of likely N-dealkylation sites (tertiary alicyclic amines) is 1. The Kier molecular flexibility index (Phi) is 6.84. The van der Waals surface area contributed by atoms with Gasteiger partial charge in [0.25, 0.3) is 0 Å². The number of hydrogen-bond donors (Lipinski definition) is 2. The van der Waals surface area contributed by atoms with Gasteiger partial charge in [-0.25, -0.2) is 9.48 Å². The molecule has 1 aromatic heterocycles. The molecule has 2 amide bonds. The van der Waals surface area contributed by atoms with Crippen molar-refractivity contribution in [2.24, 2.45) is 0 Å². The molecule has 2 rings (SSSR count). The van der Waals surface area contributed by atoms with Gasteiger partial charge in [-0.1, -0.05) is 13.3 Å². The number of unbranched alkanes of at least 4 members (excludes halogenated alkanes) is 1. The molecule has 0 spiro atoms. The SMILES string of the molecule is CCCCn1nc(C)cc1NC(=O)N1CCCC(O)(CN(C)C)CC1. The van der Waals surface area contributed by atoms with Gasteiger partial charge in [0.15, 0.2) is 0 Å². The number of rotatable bonds is 6. The van der Waals surface area contributed by atoms with E-state index in [0.717, 1.165) is 43.7 Å². The summed E-state index contributed by atoms with van der Waals surface area (Å²) in [6.45, 7) is 6.75. The smallest absolute Gasteiger partial charge is 0.323 e. The van der Waals surface area contributed by atoms with Gasteiger partial charge in [-0.2, -0.15) is 5.10 Å². The molecule has 1 aliphatic heterocycles. The highest BCUT2D eigenvalue weighted by atomic mass is 16.3. The molecule has 7 nitrogen and oxygen atoms in total. The van der Waals surface area contributed by atoms with E-state index in [1.165, 1.54) is 0 Å². The lowest BCUT2D eigenvalue weighted by Gasteiger charge is -2.29. The zero-order chi connectivity index (χ0) is 18.4. The monoisotopic (exact) mass is 351 g/mol. The lowest BCUT2D eigenvalue weighted by atomic mass is 9.94. The Morgan fingerprint density at radius 2 is 2.16 bits per heavy atom. The second-order valence-electron chi connectivity index (χ2n) is 7.48. The van der Waals surface area contributed by atoms with Gasteiger partial charge in [-0.05, 0) is 46.7 Å². The van der Waals surface area contributed by atoms with Crippen molar-refractivity contribution in [1.29, 1.82) is 0 Å². The standard InChI is InChI=1S/C18H33N5O2/c1-5-6-11-23-16(13-15(2)20-23)19-17(24)22-10-7-8-18(25,9-12-22)14-21(3)4/h13,25H,5-12,14H2,1-4H3,(H,19,24). The molecule has 1 aliphatic rings. The Morgan fingerprint density at radius 3 is 2.84 bits per heavy atom. The molecule has 2 N–H and O–H groups in total. The topological polar surface area (TPSA) is 73.6 Å². The summed E-state index contributed by atoms with van der Waals surface area (Å²) < 4.78 is 1.87. The van der Waals surface area contributed by atoms with Crippen LogP contribution in [-0.4, -0.2) is 70.0 Å². The molecule has 0 radical (unpaired) electrons. The number of aromatic nitrogens is 2. The lowest BCUT2D eigenvalue weighted by molar-refractivity contribution is 0.00361. The molecule has 0 aromatic carbocycles. The second kappa shape index (κ2) is 8.67. The van der Waals surface area contributed by atoms with Gasteiger partial charge in [-0.15, -0.1) is 0 Å². The molecule has 142 valence electrons. The van der Waals surface area contributed by atoms with Crippen molar-refractivity contribution in [2.75, 3.05) is 39.0 Å². The largest absolute Gasteiger partial charge is 0.388 e. The third-order valence-corrected chi connectivity index (χ3v) is 4.68. The number of amides is 2. The molecule has 1 saturated heterocycles. The molecule has 2 heterocycles. The van der Waals surface area contributed by atoms with Crippen LogP contribution in [0.4, 0.5) is 10.6 Å². The molecule has 25 heavy (non-hydrogen) atoms. The first-order valence-electron chi connectivity index (χ1n) is 9.30. The molecular weight excluding hydrogens is 318 g/mol. The van der Waals surface area contributed by atoms with E-state index in [1.807, 2.05) is 36.7 Å². The summed E-state index contributed by atoms with van der Waals surface area (Å²) >= 11 is 0. The van der Waals surface area contributed by atoms with Crippen LogP contribution in [0, 0.1) is 6.92 Å². The first-order valence-corrected chi connectivity index (χ1v) is 9.30. The fourth-order valence-electron chi connectivity index (χ4n) is 3.44. The van der Waals surface area contributed by atoms with E-state index in [9.17, 15) is 9.90 Å². The van der Waals surface area contributed by atoms with E-state index in [-0.39, 0.29) is 6.03 Å². The molecule has 1 aromatic rings. The normalized spacial score (nSPS) is 21.4. The molecule has 1 fully saturated rings. The first kappa shape index (κ1) is 19.7. The van der Waals surface area contributed by atoms with Gasteiger partial charge in [0.1, 0.15) is 5.82 Å². The van der Waals surface area contributed by atoms with Gasteiger partial charge in [0, 0.05) is 32.2 Å². The molecule has 0 bridgehead atoms. The van der Waals surface area contributed by atoms with Crippen LogP contribution in [-0.2, 0) is 6.54 Å². The van der Waals surface area contributed by atoms with Crippen molar-refractivity contribution in [3.05, 3.63) is 11.8 Å². The minimum absolute atomic E-state index is 0.105. The quantitative estimate of drug-likeness (QED) is 0.825. The summed E-state index contributed by atoms with van der Waals surface area (Å²) in [4.78, 5) is 16.5. The summed E-state index contributed by atoms with van der Waals surface area (Å²) in [6.07, 6.45) is 4.26. The Labute approximate surface area is 151 Å². The van der Waals surface area contributed by atoms with Crippen LogP contribution in [0.2, 0.25) is 0 Å². The minimum atomic E-state index is -0.710. The van der Waals surface area contributed by atoms with Crippen LogP contribution in [0.3, 0.4) is 0 Å². The van der Waals surface area contributed by atoms with E-state index in [2.05, 4.69) is 17.3 Å². The van der Waals surface area contributed by atoms with Crippen LogP contribution in [0.5, 0.6) is 0 Å². The summed E-state index contributed by atoms with van der Waals surface area (Å²) in [5, 5.41) is 18.2. The van der Waals surface area contributed by atoms with Gasteiger partial charge >= 0.3 is 6.03 Å². The minimum Gasteiger partial charge on any atom is -0.388 e. The number of likely N-dealkylation sites (N-methyl/N-ethyl adjacent to an activating group) is 1. The van der Waals surface area contributed by atoms with Crippen LogP contribution in [0.1, 0.15) is 44.7 Å². The van der Waals surface area contributed by atoms with Gasteiger partial charge < -0.3 is 14.9 Å². The molecular formula is C18H33N5O2. The van der Waals surface area contributed by atoms with Gasteiger partial charge in [0.2, 0.25) is 0 Å². The summed E-state index contributed by atoms with van der Waals surface area (Å²) in [5.41, 5.74) is 0.195. The van der Waals surface area contributed by atoms with Crippen LogP contribution in [0.15, 0.2) is 6.07 Å². The highest BCUT2D eigenvalue weighted by molar-refractivity contribution is 5.88. The van der Waals surface area contributed by atoms with Gasteiger partial charge in [0.05, 0.1) is 11.3 Å². The summed E-state index contributed by atoms with van der Waals surface area (Å²) in [7, 11) is 3.93. The molecule has 7 heteroatoms. The number of carbonyl (C=O) groups excluding carboxylic acids is 1. The maximum atomic E-state index is 12.7. The fourth-order valence-corrected chi connectivity index (χ4v) is 3.44. The van der Waals surface area contributed by atoms with Crippen LogP contribution >= 0.6 is 0 Å². The number of anilines is 1. The van der Waals surface area contributed by atoms with Crippen molar-refractivity contribution >= 4 is 11.8 Å². The van der Waals surface area contributed by atoms with Crippen molar-refractivity contribution in [2.45, 2.75) is 58.1 Å². The van der Waals surface area contributed by atoms with E-state index < -0.39 is 5.60 Å². The third-order valence-electron chi connectivity index (χ3n) is 4.68. The highest BCUT2D eigenvalue weighted by Crippen LogP contribution is 2.23. The number of aliphatic hydroxyl groups is 1. The van der Waals surface area contributed by atoms with E-state index in [1.54, 1.807) is 4.90 Å². The summed E-state index contributed by atoms with van der Waals surface area (Å²) in [5.74, 6) is 0.753. The van der Waals surface area contributed by atoms with Crippen molar-refractivity contribution in [3.8, 4) is 0 Å². The number of nitrogens with one attached hydrogen (secondary N) is 1. The predicted molar refractivity (Wildman–Crippen MR) is 99.8 cm³/mol. The van der Waals surface area contributed by atoms with Gasteiger partial charge in [-0.3, -0.25) is 5.32 Å². The average molecular weight is 351 g/mol. The zero-order valence-corrected chi connectivity index (χ0v) is 16.1. The Bertz CT molecular complexity index is 572. The van der Waals surface area contributed by atoms with Crippen molar-refractivity contribution < 1.29 is 9.90 Å². The predicted octanol–water partition coefficient (Wildman–Crippen LogP) is 2.30. The number of hydrogen-bond acceptors (Lipinski definition) is 4. The number of nitrogens with zero attached hydrogens (tertiary/aromatic N) is 4. The van der Waals surface area contributed by atoms with E-state index in [0.29, 0.717) is 26.1 Å². The second-order valence-corrected chi connectivity index (χ2v) is 7.48. The molecule has 0 aliphatic carbocycles. The zero-order valence-electron chi connectivity index (χ0n) is 16.1. The van der Waals surface area contributed by atoms with Crippen molar-refractivity contribution in [3.63, 3.8) is 0 Å². The molecule has 1 unspecified atom stereocenters. The number of carbonyl (C=O) groups is 1. The first-order chi connectivity index (χ1) is 11.8. The van der Waals surface area contributed by atoms with Crippen LogP contribution in [0.25, 0.3) is 0 Å². The van der Waals surface area contributed by atoms with Crippen LogP contribution < -0.4 is 5.32 Å². The number of urea groups is 1. The number of aryl methyl sites for hydroxylation is 2. The third kappa shape index (κ3) is 5.71.